The van der Waals surface area contributed by atoms with Crippen LogP contribution in [0.15, 0.2) is 0 Å². The first-order valence-corrected chi connectivity index (χ1v) is 7.34. The first-order valence-electron chi connectivity index (χ1n) is 7.34. The summed E-state index contributed by atoms with van der Waals surface area (Å²) in [7, 11) is 0. The SMILES string of the molecule is CC(C)C1C(C)C(=O)N(CC2CO2)C(=O)N1CC1CO1. The predicted molar refractivity (Wildman–Crippen MR) is 71.1 cm³/mol. The van der Waals surface area contributed by atoms with Crippen LogP contribution in [0.2, 0.25) is 0 Å². The summed E-state index contributed by atoms with van der Waals surface area (Å²) < 4.78 is 10.4. The van der Waals surface area contributed by atoms with Crippen LogP contribution in [0.5, 0.6) is 0 Å². The lowest BCUT2D eigenvalue weighted by Gasteiger charge is -2.45. The fourth-order valence-electron chi connectivity index (χ4n) is 3.11. The number of rotatable bonds is 5. The Labute approximate surface area is 119 Å². The first kappa shape index (κ1) is 13.8. The molecule has 0 aromatic rings. The van der Waals surface area contributed by atoms with Gasteiger partial charge in [0.25, 0.3) is 0 Å². The fourth-order valence-corrected chi connectivity index (χ4v) is 3.11. The third-order valence-electron chi connectivity index (χ3n) is 4.28. The van der Waals surface area contributed by atoms with Gasteiger partial charge in [-0.1, -0.05) is 20.8 Å². The first-order chi connectivity index (χ1) is 9.49. The van der Waals surface area contributed by atoms with E-state index < -0.39 is 0 Å². The number of imide groups is 1. The van der Waals surface area contributed by atoms with Gasteiger partial charge in [-0.2, -0.15) is 0 Å². The van der Waals surface area contributed by atoms with Crippen molar-refractivity contribution >= 4 is 11.9 Å². The second-order valence-electron chi connectivity index (χ2n) is 6.32. The van der Waals surface area contributed by atoms with Crippen molar-refractivity contribution in [2.24, 2.45) is 11.8 Å². The van der Waals surface area contributed by atoms with E-state index in [1.54, 1.807) is 0 Å². The standard InChI is InChI=1S/C14H22N2O4/c1-8(2)12-9(3)13(17)16(5-11-7-20-11)14(18)15(12)4-10-6-19-10/h8-12H,4-7H2,1-3H3. The molecule has 3 amide bonds. The van der Waals surface area contributed by atoms with Crippen LogP contribution in [0.3, 0.4) is 0 Å². The maximum atomic E-state index is 12.6. The van der Waals surface area contributed by atoms with Crippen LogP contribution in [0, 0.1) is 11.8 Å². The molecule has 0 aliphatic carbocycles. The predicted octanol–water partition coefficient (Wildman–Crippen LogP) is 0.709. The van der Waals surface area contributed by atoms with Crippen molar-refractivity contribution in [3.8, 4) is 0 Å². The van der Waals surface area contributed by atoms with Gasteiger partial charge in [-0.3, -0.25) is 9.69 Å². The van der Waals surface area contributed by atoms with E-state index in [2.05, 4.69) is 13.8 Å². The van der Waals surface area contributed by atoms with Gasteiger partial charge >= 0.3 is 6.03 Å². The molecule has 3 saturated heterocycles. The third-order valence-corrected chi connectivity index (χ3v) is 4.28. The Bertz CT molecular complexity index is 417. The average Bonchev–Trinajstić information content (AvgIpc) is 3.25. The lowest BCUT2D eigenvalue weighted by molar-refractivity contribution is -0.139. The number of carbonyl (C=O) groups excluding carboxylic acids is 2. The Morgan fingerprint density at radius 3 is 2.20 bits per heavy atom. The lowest BCUT2D eigenvalue weighted by atomic mass is 9.87. The van der Waals surface area contributed by atoms with Crippen molar-refractivity contribution in [1.82, 2.24) is 9.80 Å². The number of urea groups is 1. The Hall–Kier alpha value is -1.14. The minimum atomic E-state index is -0.183. The van der Waals surface area contributed by atoms with Crippen molar-refractivity contribution in [1.29, 1.82) is 0 Å². The van der Waals surface area contributed by atoms with Crippen molar-refractivity contribution in [3.05, 3.63) is 0 Å². The summed E-state index contributed by atoms with van der Waals surface area (Å²) in [5.74, 6) is -0.00154. The Balaban J connectivity index is 1.81. The van der Waals surface area contributed by atoms with Crippen LogP contribution in [0.25, 0.3) is 0 Å². The highest BCUT2D eigenvalue weighted by molar-refractivity contribution is 5.98. The number of ether oxygens (including phenoxy) is 2. The molecule has 0 bridgehead atoms. The Morgan fingerprint density at radius 1 is 1.15 bits per heavy atom. The largest absolute Gasteiger partial charge is 0.371 e. The van der Waals surface area contributed by atoms with Gasteiger partial charge in [0.1, 0.15) is 0 Å². The Kier molecular flexibility index (Phi) is 3.46. The molecular weight excluding hydrogens is 260 g/mol. The quantitative estimate of drug-likeness (QED) is 0.697. The van der Waals surface area contributed by atoms with Crippen molar-refractivity contribution in [2.45, 2.75) is 39.0 Å². The second kappa shape index (κ2) is 5.00. The maximum absolute atomic E-state index is 12.6. The molecule has 20 heavy (non-hydrogen) atoms. The molecule has 0 N–H and O–H groups in total. The number of epoxide rings is 2. The smallest absolute Gasteiger partial charge is 0.327 e. The maximum Gasteiger partial charge on any atom is 0.327 e. The zero-order chi connectivity index (χ0) is 14.4. The van der Waals surface area contributed by atoms with Gasteiger partial charge in [0, 0.05) is 6.04 Å². The number of hydrogen-bond donors (Lipinski definition) is 0. The van der Waals surface area contributed by atoms with Crippen LogP contribution in [0.1, 0.15) is 20.8 Å². The highest BCUT2D eigenvalue weighted by Crippen LogP contribution is 2.30. The summed E-state index contributed by atoms with van der Waals surface area (Å²) in [4.78, 5) is 28.3. The lowest BCUT2D eigenvalue weighted by Crippen LogP contribution is -2.63. The van der Waals surface area contributed by atoms with Crippen molar-refractivity contribution in [3.63, 3.8) is 0 Å². The average molecular weight is 282 g/mol. The summed E-state index contributed by atoms with van der Waals surface area (Å²) in [5.41, 5.74) is 0. The zero-order valence-corrected chi connectivity index (χ0v) is 12.2. The van der Waals surface area contributed by atoms with E-state index in [1.165, 1.54) is 4.90 Å². The van der Waals surface area contributed by atoms with Gasteiger partial charge < -0.3 is 14.4 Å². The van der Waals surface area contributed by atoms with Crippen LogP contribution >= 0.6 is 0 Å². The summed E-state index contributed by atoms with van der Waals surface area (Å²) in [6, 6.07) is -0.228. The summed E-state index contributed by atoms with van der Waals surface area (Å²) in [6.07, 6.45) is 0.171. The normalized spacial score (nSPS) is 36.8. The molecule has 6 heteroatoms. The molecule has 0 aromatic heterocycles. The van der Waals surface area contributed by atoms with Gasteiger partial charge in [-0.25, -0.2) is 4.79 Å². The van der Waals surface area contributed by atoms with Crippen LogP contribution in [0.4, 0.5) is 4.79 Å². The van der Waals surface area contributed by atoms with Crippen molar-refractivity contribution < 1.29 is 19.1 Å². The van der Waals surface area contributed by atoms with Gasteiger partial charge in [-0.05, 0) is 5.92 Å². The van der Waals surface area contributed by atoms with E-state index in [4.69, 9.17) is 9.47 Å². The molecule has 3 aliphatic heterocycles. The fraction of sp³-hybridized carbons (Fsp3) is 0.857. The zero-order valence-electron chi connectivity index (χ0n) is 12.2. The molecule has 112 valence electrons. The molecule has 0 radical (unpaired) electrons. The van der Waals surface area contributed by atoms with Gasteiger partial charge in [0.05, 0.1) is 44.4 Å². The summed E-state index contributed by atoms with van der Waals surface area (Å²) in [6.45, 7) is 8.36. The number of hydrogen-bond acceptors (Lipinski definition) is 4. The summed E-state index contributed by atoms with van der Waals surface area (Å²) in [5, 5.41) is 0. The Morgan fingerprint density at radius 2 is 1.70 bits per heavy atom. The molecule has 6 nitrogen and oxygen atoms in total. The van der Waals surface area contributed by atoms with Crippen LogP contribution < -0.4 is 0 Å². The molecule has 3 fully saturated rings. The third kappa shape index (κ3) is 2.54. The monoisotopic (exact) mass is 282 g/mol. The van der Waals surface area contributed by atoms with Gasteiger partial charge in [0.2, 0.25) is 5.91 Å². The highest BCUT2D eigenvalue weighted by atomic mass is 16.6. The summed E-state index contributed by atoms with van der Waals surface area (Å²) >= 11 is 0. The van der Waals surface area contributed by atoms with Crippen LogP contribution in [-0.2, 0) is 14.3 Å². The minimum absolute atomic E-state index is 0.0322. The van der Waals surface area contributed by atoms with E-state index >= 15 is 0 Å². The molecule has 4 atom stereocenters. The minimum Gasteiger partial charge on any atom is -0.371 e. The molecule has 0 spiro atoms. The molecule has 0 aromatic carbocycles. The number of carbonyl (C=O) groups is 2. The highest BCUT2D eigenvalue weighted by Gasteiger charge is 2.48. The molecule has 3 heterocycles. The second-order valence-corrected chi connectivity index (χ2v) is 6.32. The topological polar surface area (TPSA) is 65.7 Å². The van der Waals surface area contributed by atoms with Crippen molar-refractivity contribution in [2.75, 3.05) is 26.3 Å². The van der Waals surface area contributed by atoms with E-state index in [-0.39, 0.29) is 42.0 Å². The molecule has 0 saturated carbocycles. The van der Waals surface area contributed by atoms with E-state index in [0.29, 0.717) is 26.3 Å². The molecule has 3 rings (SSSR count). The molecule has 3 aliphatic rings. The van der Waals surface area contributed by atoms with Gasteiger partial charge in [-0.15, -0.1) is 0 Å². The van der Waals surface area contributed by atoms with Gasteiger partial charge in [0.15, 0.2) is 0 Å². The molecular formula is C14H22N2O4. The van der Waals surface area contributed by atoms with E-state index in [0.717, 1.165) is 0 Å². The van der Waals surface area contributed by atoms with E-state index in [1.807, 2.05) is 11.8 Å². The number of amides is 3. The van der Waals surface area contributed by atoms with E-state index in [9.17, 15) is 9.59 Å². The van der Waals surface area contributed by atoms with Crippen LogP contribution in [-0.4, -0.2) is 66.3 Å². The molecule has 4 unspecified atom stereocenters. The number of nitrogens with zero attached hydrogens (tertiary/aromatic N) is 2.